The Morgan fingerprint density at radius 3 is 2.73 bits per heavy atom. The molecule has 1 amide bonds. The normalized spacial score (nSPS) is 10.2. The molecule has 0 radical (unpaired) electrons. The van der Waals surface area contributed by atoms with Gasteiger partial charge in [0, 0.05) is 18.3 Å². The van der Waals surface area contributed by atoms with Crippen molar-refractivity contribution in [2.45, 2.75) is 6.54 Å². The molecular formula is C18H17N5O3. The van der Waals surface area contributed by atoms with E-state index >= 15 is 0 Å². The summed E-state index contributed by atoms with van der Waals surface area (Å²) in [5.41, 5.74) is 6.10. The van der Waals surface area contributed by atoms with Gasteiger partial charge in [0.1, 0.15) is 11.5 Å². The van der Waals surface area contributed by atoms with E-state index < -0.39 is 5.91 Å². The summed E-state index contributed by atoms with van der Waals surface area (Å²) in [5.74, 6) is 1.39. The van der Waals surface area contributed by atoms with Gasteiger partial charge in [-0.25, -0.2) is 9.97 Å². The number of nitrogens with two attached hydrogens (primary N) is 1. The molecule has 8 heteroatoms. The summed E-state index contributed by atoms with van der Waals surface area (Å²) in [6.07, 6.45) is 4.46. The molecule has 26 heavy (non-hydrogen) atoms. The Kier molecular flexibility index (Phi) is 5.23. The fraction of sp³-hybridized carbons (Fsp3) is 0.111. The summed E-state index contributed by atoms with van der Waals surface area (Å²) in [6.45, 7) is 0.370. The first-order chi connectivity index (χ1) is 12.7. The number of hydrogen-bond acceptors (Lipinski definition) is 7. The minimum Gasteiger partial charge on any atom is -0.493 e. The van der Waals surface area contributed by atoms with Crippen molar-refractivity contribution in [1.82, 2.24) is 15.0 Å². The van der Waals surface area contributed by atoms with E-state index in [0.29, 0.717) is 29.7 Å². The van der Waals surface area contributed by atoms with Gasteiger partial charge in [-0.05, 0) is 18.2 Å². The van der Waals surface area contributed by atoms with Gasteiger partial charge in [-0.2, -0.15) is 0 Å². The van der Waals surface area contributed by atoms with Crippen LogP contribution in [0.3, 0.4) is 0 Å². The third-order valence-corrected chi connectivity index (χ3v) is 3.47. The van der Waals surface area contributed by atoms with Gasteiger partial charge in [0.2, 0.25) is 5.88 Å². The zero-order chi connectivity index (χ0) is 18.4. The van der Waals surface area contributed by atoms with Crippen LogP contribution in [0.15, 0.2) is 55.0 Å². The molecule has 0 saturated heterocycles. The highest BCUT2D eigenvalue weighted by atomic mass is 16.5. The summed E-state index contributed by atoms with van der Waals surface area (Å²) < 4.78 is 11.2. The van der Waals surface area contributed by atoms with E-state index in [1.807, 2.05) is 18.2 Å². The number of carbonyl (C=O) groups is 1. The molecule has 0 fully saturated rings. The van der Waals surface area contributed by atoms with E-state index in [1.165, 1.54) is 12.4 Å². The number of nitrogens with zero attached hydrogens (tertiary/aromatic N) is 3. The van der Waals surface area contributed by atoms with Gasteiger partial charge in [0.05, 0.1) is 19.5 Å². The molecule has 0 bridgehead atoms. The first-order valence-corrected chi connectivity index (χ1v) is 7.78. The second kappa shape index (κ2) is 7.93. The van der Waals surface area contributed by atoms with Crippen LogP contribution in [0.25, 0.3) is 0 Å². The highest BCUT2D eigenvalue weighted by Crippen LogP contribution is 2.31. The Morgan fingerprint density at radius 1 is 1.15 bits per heavy atom. The molecule has 0 spiro atoms. The maximum atomic E-state index is 11.2. The summed E-state index contributed by atoms with van der Waals surface area (Å²) in [6, 6.07) is 11.0. The summed E-state index contributed by atoms with van der Waals surface area (Å²) in [4.78, 5) is 23.5. The minimum absolute atomic E-state index is 0.0895. The summed E-state index contributed by atoms with van der Waals surface area (Å²) in [5, 5.41) is 3.08. The Bertz CT molecular complexity index is 917. The lowest BCUT2D eigenvalue weighted by Gasteiger charge is -2.13. The van der Waals surface area contributed by atoms with Crippen molar-refractivity contribution < 1.29 is 14.3 Å². The quantitative estimate of drug-likeness (QED) is 0.672. The number of ether oxygens (including phenoxy) is 2. The molecule has 0 atom stereocenters. The lowest BCUT2D eigenvalue weighted by atomic mass is 10.2. The number of pyridine rings is 1. The number of aromatic nitrogens is 3. The van der Waals surface area contributed by atoms with Crippen molar-refractivity contribution in [3.63, 3.8) is 0 Å². The van der Waals surface area contributed by atoms with Crippen molar-refractivity contribution in [2.24, 2.45) is 5.73 Å². The predicted octanol–water partition coefficient (Wildman–Crippen LogP) is 2.38. The van der Waals surface area contributed by atoms with Crippen LogP contribution in [-0.4, -0.2) is 28.0 Å². The van der Waals surface area contributed by atoms with Crippen LogP contribution in [0.1, 0.15) is 16.1 Å². The Labute approximate surface area is 150 Å². The standard InChI is InChI=1S/C18H17N5O3/c1-25-14-6-2-3-7-15(14)26-18-12(5-4-8-21-18)9-22-16-11-20-10-13(23-16)17(19)24/h2-8,10-11H,9H2,1H3,(H2,19,24)(H,22,23). The average Bonchev–Trinajstić information content (AvgIpc) is 2.68. The number of benzene rings is 1. The molecule has 0 aliphatic rings. The van der Waals surface area contributed by atoms with Crippen molar-refractivity contribution >= 4 is 11.7 Å². The van der Waals surface area contributed by atoms with Crippen molar-refractivity contribution in [2.75, 3.05) is 12.4 Å². The molecule has 0 aliphatic carbocycles. The fourth-order valence-electron chi connectivity index (χ4n) is 2.21. The number of nitrogens with one attached hydrogen (secondary N) is 1. The molecule has 1 aromatic carbocycles. The van der Waals surface area contributed by atoms with E-state index in [-0.39, 0.29) is 5.69 Å². The first kappa shape index (κ1) is 17.2. The van der Waals surface area contributed by atoms with Gasteiger partial charge in [0.15, 0.2) is 11.5 Å². The zero-order valence-corrected chi connectivity index (χ0v) is 14.0. The second-order valence-electron chi connectivity index (χ2n) is 5.23. The first-order valence-electron chi connectivity index (χ1n) is 7.78. The van der Waals surface area contributed by atoms with Crippen LogP contribution in [0.4, 0.5) is 5.82 Å². The highest BCUT2D eigenvalue weighted by molar-refractivity contribution is 5.90. The smallest absolute Gasteiger partial charge is 0.268 e. The fourth-order valence-corrected chi connectivity index (χ4v) is 2.21. The number of primary amides is 1. The van der Waals surface area contributed by atoms with E-state index in [1.54, 1.807) is 31.5 Å². The summed E-state index contributed by atoms with van der Waals surface area (Å²) in [7, 11) is 1.58. The van der Waals surface area contributed by atoms with Crippen LogP contribution in [0, 0.1) is 0 Å². The lowest BCUT2D eigenvalue weighted by molar-refractivity contribution is 0.0995. The van der Waals surface area contributed by atoms with E-state index in [2.05, 4.69) is 20.3 Å². The number of amides is 1. The van der Waals surface area contributed by atoms with Gasteiger partial charge in [-0.3, -0.25) is 9.78 Å². The topological polar surface area (TPSA) is 112 Å². The molecule has 0 aliphatic heterocycles. The molecular weight excluding hydrogens is 334 g/mol. The number of anilines is 1. The molecule has 0 saturated carbocycles. The van der Waals surface area contributed by atoms with E-state index in [9.17, 15) is 4.79 Å². The zero-order valence-electron chi connectivity index (χ0n) is 14.0. The molecule has 2 heterocycles. The number of carbonyl (C=O) groups excluding carboxylic acids is 1. The number of rotatable bonds is 7. The number of hydrogen-bond donors (Lipinski definition) is 2. The molecule has 3 N–H and O–H groups in total. The van der Waals surface area contributed by atoms with Crippen LogP contribution < -0.4 is 20.5 Å². The maximum Gasteiger partial charge on any atom is 0.268 e. The van der Waals surface area contributed by atoms with Crippen molar-refractivity contribution in [3.05, 3.63) is 66.2 Å². The van der Waals surface area contributed by atoms with E-state index in [0.717, 1.165) is 5.56 Å². The lowest BCUT2D eigenvalue weighted by Crippen LogP contribution is -2.14. The predicted molar refractivity (Wildman–Crippen MR) is 95.2 cm³/mol. The van der Waals surface area contributed by atoms with Gasteiger partial charge in [-0.1, -0.05) is 18.2 Å². The monoisotopic (exact) mass is 351 g/mol. The van der Waals surface area contributed by atoms with Gasteiger partial charge in [-0.15, -0.1) is 0 Å². The largest absolute Gasteiger partial charge is 0.493 e. The van der Waals surface area contributed by atoms with Crippen molar-refractivity contribution in [1.29, 1.82) is 0 Å². The van der Waals surface area contributed by atoms with Crippen molar-refractivity contribution in [3.8, 4) is 17.4 Å². The average molecular weight is 351 g/mol. The molecule has 3 aromatic rings. The minimum atomic E-state index is -0.636. The summed E-state index contributed by atoms with van der Waals surface area (Å²) >= 11 is 0. The third kappa shape index (κ3) is 4.04. The molecule has 8 nitrogen and oxygen atoms in total. The van der Waals surface area contributed by atoms with Gasteiger partial charge >= 0.3 is 0 Å². The molecule has 0 unspecified atom stereocenters. The van der Waals surface area contributed by atoms with E-state index in [4.69, 9.17) is 15.2 Å². The third-order valence-electron chi connectivity index (χ3n) is 3.47. The van der Waals surface area contributed by atoms with Crippen LogP contribution in [-0.2, 0) is 6.54 Å². The maximum absolute atomic E-state index is 11.2. The Morgan fingerprint density at radius 2 is 1.96 bits per heavy atom. The number of para-hydroxylation sites is 2. The number of methoxy groups -OCH3 is 1. The Balaban J connectivity index is 1.77. The molecule has 3 rings (SSSR count). The van der Waals surface area contributed by atoms with Crippen LogP contribution in [0.5, 0.6) is 17.4 Å². The second-order valence-corrected chi connectivity index (χ2v) is 5.23. The Hall–Kier alpha value is -3.68. The molecule has 2 aromatic heterocycles. The SMILES string of the molecule is COc1ccccc1Oc1ncccc1CNc1cncc(C(N)=O)n1. The van der Waals surface area contributed by atoms with Crippen LogP contribution >= 0.6 is 0 Å². The highest BCUT2D eigenvalue weighted by Gasteiger charge is 2.10. The van der Waals surface area contributed by atoms with Crippen LogP contribution in [0.2, 0.25) is 0 Å². The van der Waals surface area contributed by atoms with Gasteiger partial charge < -0.3 is 20.5 Å². The van der Waals surface area contributed by atoms with Gasteiger partial charge in [0.25, 0.3) is 5.91 Å². The molecule has 132 valence electrons.